The molecule has 0 unspecified atom stereocenters. The molecule has 2 amide bonds. The molecule has 0 aliphatic heterocycles. The normalized spacial score (nSPS) is 11.2. The van der Waals surface area contributed by atoms with E-state index < -0.39 is 9.84 Å². The summed E-state index contributed by atoms with van der Waals surface area (Å²) in [6.07, 6.45) is 1.11. The van der Waals surface area contributed by atoms with Gasteiger partial charge in [0.2, 0.25) is 0 Å². The topological polar surface area (TPSA) is 127 Å². The second-order valence-corrected chi connectivity index (χ2v) is 7.90. The number of amides is 2. The number of halogens is 1. The number of nitrogen functional groups attached to an aromatic ring is 1. The van der Waals surface area contributed by atoms with Gasteiger partial charge >= 0.3 is 6.03 Å². The number of carbonyl (C=O) groups excluding carboxylic acids is 1. The van der Waals surface area contributed by atoms with Crippen molar-refractivity contribution in [3.8, 4) is 11.4 Å². The van der Waals surface area contributed by atoms with Gasteiger partial charge in [-0.2, -0.15) is 0 Å². The van der Waals surface area contributed by atoms with E-state index in [1.165, 1.54) is 6.07 Å². The molecule has 0 saturated heterocycles. The van der Waals surface area contributed by atoms with E-state index in [0.717, 1.165) is 6.26 Å². The first-order valence-corrected chi connectivity index (χ1v) is 9.77. The summed E-state index contributed by atoms with van der Waals surface area (Å²) in [7, 11) is -3.25. The molecule has 0 saturated carbocycles. The number of nitrogens with zero attached hydrogens (tertiary/aromatic N) is 2. The van der Waals surface area contributed by atoms with Gasteiger partial charge in [-0.1, -0.05) is 11.6 Å². The number of aromatic nitrogens is 2. The van der Waals surface area contributed by atoms with Crippen molar-refractivity contribution in [2.24, 2.45) is 0 Å². The largest absolute Gasteiger partial charge is 0.384 e. The van der Waals surface area contributed by atoms with Gasteiger partial charge in [0.15, 0.2) is 15.7 Å². The third-order valence-electron chi connectivity index (χ3n) is 3.02. The average Bonchev–Trinajstić information content (AvgIpc) is 2.47. The van der Waals surface area contributed by atoms with Crippen LogP contribution in [0.4, 0.5) is 16.3 Å². The summed E-state index contributed by atoms with van der Waals surface area (Å²) in [4.78, 5) is 19.9. The summed E-state index contributed by atoms with van der Waals surface area (Å²) in [5, 5.41) is 5.51. The summed E-state index contributed by atoms with van der Waals surface area (Å²) in [5.74, 6) is 0.173. The highest BCUT2D eigenvalue weighted by atomic mass is 35.5. The third-order valence-corrected chi connectivity index (χ3v) is 4.15. The van der Waals surface area contributed by atoms with Gasteiger partial charge < -0.3 is 16.4 Å². The van der Waals surface area contributed by atoms with Crippen molar-refractivity contribution in [1.82, 2.24) is 15.3 Å². The van der Waals surface area contributed by atoms with Crippen LogP contribution in [0.2, 0.25) is 5.02 Å². The molecular formula is C15H18ClN5O3S. The number of urea groups is 1. The number of nitrogens with two attached hydrogens (primary N) is 1. The van der Waals surface area contributed by atoms with E-state index in [2.05, 4.69) is 20.6 Å². The number of hydrogen-bond donors (Lipinski definition) is 3. The Morgan fingerprint density at radius 2 is 2.00 bits per heavy atom. The maximum atomic E-state index is 11.6. The molecule has 0 spiro atoms. The fourth-order valence-electron chi connectivity index (χ4n) is 2.07. The fraction of sp³-hybridized carbons (Fsp3) is 0.267. The number of hydrogen-bond acceptors (Lipinski definition) is 6. The standard InChI is InChI=1S/C15H18ClN5O3S/c1-3-18-15(22)20-12-5-4-9(6-11(12)16)14-19-10(7-13(17)21-14)8-25(2,23)24/h4-7H,3,8H2,1-2H3,(H2,17,19,21)(H2,18,20,22). The Labute approximate surface area is 150 Å². The van der Waals surface area contributed by atoms with Gasteiger partial charge in [-0.05, 0) is 25.1 Å². The molecule has 0 fully saturated rings. The summed E-state index contributed by atoms with van der Waals surface area (Å²) in [6, 6.07) is 5.88. The molecule has 0 bridgehead atoms. The lowest BCUT2D eigenvalue weighted by Crippen LogP contribution is -2.28. The fourth-order valence-corrected chi connectivity index (χ4v) is 2.99. The Morgan fingerprint density at radius 1 is 1.28 bits per heavy atom. The van der Waals surface area contributed by atoms with Crippen molar-refractivity contribution in [1.29, 1.82) is 0 Å². The predicted molar refractivity (Wildman–Crippen MR) is 98.1 cm³/mol. The zero-order valence-corrected chi connectivity index (χ0v) is 15.3. The van der Waals surface area contributed by atoms with Crippen LogP contribution >= 0.6 is 11.6 Å². The molecule has 0 aliphatic carbocycles. The first-order valence-electron chi connectivity index (χ1n) is 7.34. The zero-order chi connectivity index (χ0) is 18.6. The molecule has 8 nitrogen and oxygen atoms in total. The van der Waals surface area contributed by atoms with Gasteiger partial charge in [0, 0.05) is 24.4 Å². The number of benzene rings is 1. The molecule has 25 heavy (non-hydrogen) atoms. The van der Waals surface area contributed by atoms with E-state index in [0.29, 0.717) is 28.5 Å². The van der Waals surface area contributed by atoms with Crippen LogP contribution in [0.25, 0.3) is 11.4 Å². The van der Waals surface area contributed by atoms with Gasteiger partial charge in [-0.3, -0.25) is 0 Å². The molecule has 2 rings (SSSR count). The summed E-state index contributed by atoms with van der Waals surface area (Å²) in [6.45, 7) is 2.29. The molecule has 2 aromatic rings. The van der Waals surface area contributed by atoms with Gasteiger partial charge in [-0.25, -0.2) is 23.2 Å². The average molecular weight is 384 g/mol. The highest BCUT2D eigenvalue weighted by Gasteiger charge is 2.12. The van der Waals surface area contributed by atoms with Crippen LogP contribution in [-0.2, 0) is 15.6 Å². The monoisotopic (exact) mass is 383 g/mol. The van der Waals surface area contributed by atoms with Crippen LogP contribution < -0.4 is 16.4 Å². The molecule has 4 N–H and O–H groups in total. The lowest BCUT2D eigenvalue weighted by atomic mass is 10.2. The van der Waals surface area contributed by atoms with Crippen molar-refractivity contribution >= 4 is 39.0 Å². The zero-order valence-electron chi connectivity index (χ0n) is 13.7. The first kappa shape index (κ1) is 18.9. The Balaban J connectivity index is 2.33. The van der Waals surface area contributed by atoms with Crippen LogP contribution in [0, 0.1) is 0 Å². The van der Waals surface area contributed by atoms with Crippen molar-refractivity contribution in [2.75, 3.05) is 23.9 Å². The molecule has 134 valence electrons. The summed E-state index contributed by atoms with van der Waals surface area (Å²) >= 11 is 6.18. The maximum Gasteiger partial charge on any atom is 0.319 e. The Hall–Kier alpha value is -2.39. The molecule has 1 aromatic heterocycles. The van der Waals surface area contributed by atoms with Crippen LogP contribution in [0.3, 0.4) is 0 Å². The third kappa shape index (κ3) is 5.57. The van der Waals surface area contributed by atoms with E-state index in [9.17, 15) is 13.2 Å². The van der Waals surface area contributed by atoms with Crippen LogP contribution in [0.1, 0.15) is 12.6 Å². The summed E-state index contributed by atoms with van der Waals surface area (Å²) < 4.78 is 22.9. The number of nitrogens with one attached hydrogen (secondary N) is 2. The van der Waals surface area contributed by atoms with Crippen molar-refractivity contribution in [3.63, 3.8) is 0 Å². The van der Waals surface area contributed by atoms with E-state index in [4.69, 9.17) is 17.3 Å². The quantitative estimate of drug-likeness (QED) is 0.725. The minimum absolute atomic E-state index is 0.157. The van der Waals surface area contributed by atoms with E-state index in [1.807, 2.05) is 0 Å². The van der Waals surface area contributed by atoms with Gasteiger partial charge in [0.1, 0.15) is 5.82 Å². The van der Waals surface area contributed by atoms with E-state index in [-0.39, 0.29) is 23.4 Å². The number of carbonyl (C=O) groups is 1. The Morgan fingerprint density at radius 3 is 2.60 bits per heavy atom. The molecule has 0 atom stereocenters. The second-order valence-electron chi connectivity index (χ2n) is 5.36. The molecule has 10 heteroatoms. The van der Waals surface area contributed by atoms with Crippen molar-refractivity contribution in [2.45, 2.75) is 12.7 Å². The van der Waals surface area contributed by atoms with E-state index >= 15 is 0 Å². The highest BCUT2D eigenvalue weighted by molar-refractivity contribution is 7.89. The highest BCUT2D eigenvalue weighted by Crippen LogP contribution is 2.28. The van der Waals surface area contributed by atoms with Crippen LogP contribution in [0.5, 0.6) is 0 Å². The summed E-state index contributed by atoms with van der Waals surface area (Å²) in [5.41, 5.74) is 7.01. The smallest absolute Gasteiger partial charge is 0.319 e. The molecule has 0 radical (unpaired) electrons. The molecule has 0 aliphatic rings. The second kappa shape index (κ2) is 7.66. The predicted octanol–water partition coefficient (Wildman–Crippen LogP) is 2.07. The number of anilines is 2. The minimum Gasteiger partial charge on any atom is -0.384 e. The van der Waals surface area contributed by atoms with Gasteiger partial charge in [0.25, 0.3) is 0 Å². The lowest BCUT2D eigenvalue weighted by molar-refractivity contribution is 0.252. The van der Waals surface area contributed by atoms with Crippen molar-refractivity contribution in [3.05, 3.63) is 35.0 Å². The maximum absolute atomic E-state index is 11.6. The minimum atomic E-state index is -3.25. The molecule has 1 aromatic carbocycles. The van der Waals surface area contributed by atoms with Crippen LogP contribution in [-0.4, -0.2) is 37.2 Å². The molecular weight excluding hydrogens is 366 g/mol. The first-order chi connectivity index (χ1) is 11.7. The Kier molecular flexibility index (Phi) is 5.81. The Bertz CT molecular complexity index is 902. The number of rotatable bonds is 5. The van der Waals surface area contributed by atoms with E-state index in [1.54, 1.807) is 25.1 Å². The SMILES string of the molecule is CCNC(=O)Nc1ccc(-c2nc(N)cc(CS(C)(=O)=O)n2)cc1Cl. The number of sulfone groups is 1. The molecule has 1 heterocycles. The van der Waals surface area contributed by atoms with Gasteiger partial charge in [-0.15, -0.1) is 0 Å². The lowest BCUT2D eigenvalue weighted by Gasteiger charge is -2.10. The van der Waals surface area contributed by atoms with Crippen molar-refractivity contribution < 1.29 is 13.2 Å². The van der Waals surface area contributed by atoms with Crippen LogP contribution in [0.15, 0.2) is 24.3 Å². The van der Waals surface area contributed by atoms with Gasteiger partial charge in [0.05, 0.1) is 22.2 Å².